The first-order chi connectivity index (χ1) is 5.72. The number of hydrogen-bond donors (Lipinski definition) is 3. The van der Waals surface area contributed by atoms with Crippen LogP contribution in [0.25, 0.3) is 0 Å². The zero-order valence-corrected chi connectivity index (χ0v) is 7.13. The molecule has 12 heavy (non-hydrogen) atoms. The summed E-state index contributed by atoms with van der Waals surface area (Å²) in [6, 6.07) is 0. The van der Waals surface area contributed by atoms with Gasteiger partial charge >= 0.3 is 5.69 Å². The van der Waals surface area contributed by atoms with Crippen molar-refractivity contribution in [2.24, 2.45) is 11.7 Å². The minimum Gasteiger partial charge on any atom is -0.330 e. The molecule has 0 aromatic carbocycles. The number of nitrogens with two attached hydrogens (primary N) is 1. The Balaban J connectivity index is 2.38. The fraction of sp³-hybridized carbons (Fsp3) is 0.714. The Labute approximate surface area is 70.4 Å². The molecule has 1 unspecified atom stereocenters. The molecule has 1 atom stereocenters. The van der Waals surface area contributed by atoms with Crippen LogP contribution in [-0.4, -0.2) is 21.7 Å². The highest BCUT2D eigenvalue weighted by Gasteiger charge is 2.02. The second-order valence-corrected chi connectivity index (χ2v) is 3.00. The molecule has 68 valence electrons. The first-order valence-corrected chi connectivity index (χ1v) is 4.06. The summed E-state index contributed by atoms with van der Waals surface area (Å²) in [5.41, 5.74) is 5.20. The van der Waals surface area contributed by atoms with Gasteiger partial charge in [0.2, 0.25) is 0 Å². The molecule has 1 heterocycles. The summed E-state index contributed by atoms with van der Waals surface area (Å²) in [7, 11) is 0. The van der Waals surface area contributed by atoms with Crippen molar-refractivity contribution in [3.8, 4) is 0 Å². The average molecular weight is 170 g/mol. The van der Waals surface area contributed by atoms with Gasteiger partial charge in [0.25, 0.3) is 0 Å². The number of aromatic amines is 2. The van der Waals surface area contributed by atoms with Gasteiger partial charge < -0.3 is 5.73 Å². The van der Waals surface area contributed by atoms with Gasteiger partial charge in [-0.05, 0) is 18.9 Å². The average Bonchev–Trinajstić information content (AvgIpc) is 2.47. The standard InChI is InChI=1S/C7H14N4O/c1-5(4-8)2-3-6-9-7(12)11-10-6/h5H,2-4,8H2,1H3,(H2,9,10,11,12). The van der Waals surface area contributed by atoms with E-state index in [1.54, 1.807) is 0 Å². The molecule has 0 bridgehead atoms. The maximum Gasteiger partial charge on any atom is 0.340 e. The first-order valence-electron chi connectivity index (χ1n) is 4.06. The van der Waals surface area contributed by atoms with E-state index < -0.39 is 0 Å². The fourth-order valence-electron chi connectivity index (χ4n) is 0.925. The Morgan fingerprint density at radius 1 is 1.67 bits per heavy atom. The summed E-state index contributed by atoms with van der Waals surface area (Å²) in [4.78, 5) is 13.2. The van der Waals surface area contributed by atoms with Gasteiger partial charge in [-0.1, -0.05) is 6.92 Å². The summed E-state index contributed by atoms with van der Waals surface area (Å²) in [5, 5.41) is 6.11. The van der Waals surface area contributed by atoms with Crippen molar-refractivity contribution in [3.05, 3.63) is 16.3 Å². The fourth-order valence-corrected chi connectivity index (χ4v) is 0.925. The third-order valence-electron chi connectivity index (χ3n) is 1.83. The van der Waals surface area contributed by atoms with E-state index in [2.05, 4.69) is 22.1 Å². The van der Waals surface area contributed by atoms with Crippen molar-refractivity contribution in [2.45, 2.75) is 19.8 Å². The topological polar surface area (TPSA) is 87.6 Å². The molecular weight excluding hydrogens is 156 g/mol. The maximum absolute atomic E-state index is 10.6. The quantitative estimate of drug-likeness (QED) is 0.576. The van der Waals surface area contributed by atoms with E-state index in [0.717, 1.165) is 12.8 Å². The highest BCUT2D eigenvalue weighted by molar-refractivity contribution is 4.80. The van der Waals surface area contributed by atoms with Gasteiger partial charge in [0, 0.05) is 6.42 Å². The van der Waals surface area contributed by atoms with Gasteiger partial charge in [-0.3, -0.25) is 4.98 Å². The molecule has 0 fully saturated rings. The number of hydrogen-bond acceptors (Lipinski definition) is 3. The van der Waals surface area contributed by atoms with Gasteiger partial charge in [0.15, 0.2) is 0 Å². The second kappa shape index (κ2) is 4.06. The van der Waals surface area contributed by atoms with E-state index in [0.29, 0.717) is 18.3 Å². The Hall–Kier alpha value is -1.10. The van der Waals surface area contributed by atoms with Crippen LogP contribution in [0.4, 0.5) is 0 Å². The zero-order valence-electron chi connectivity index (χ0n) is 7.13. The third-order valence-corrected chi connectivity index (χ3v) is 1.83. The number of nitrogens with zero attached hydrogens (tertiary/aromatic N) is 1. The van der Waals surface area contributed by atoms with Gasteiger partial charge in [-0.2, -0.15) is 5.10 Å². The van der Waals surface area contributed by atoms with E-state index in [4.69, 9.17) is 5.73 Å². The minimum atomic E-state index is -0.245. The van der Waals surface area contributed by atoms with Crippen LogP contribution in [0.1, 0.15) is 19.2 Å². The van der Waals surface area contributed by atoms with E-state index in [1.807, 2.05) is 0 Å². The molecule has 0 saturated heterocycles. The lowest BCUT2D eigenvalue weighted by atomic mass is 10.1. The number of aryl methyl sites for hydroxylation is 1. The van der Waals surface area contributed by atoms with E-state index in [9.17, 15) is 4.79 Å². The number of H-pyrrole nitrogens is 2. The minimum absolute atomic E-state index is 0.245. The van der Waals surface area contributed by atoms with Crippen molar-refractivity contribution in [1.82, 2.24) is 15.2 Å². The lowest BCUT2D eigenvalue weighted by molar-refractivity contribution is 0.536. The number of aromatic nitrogens is 3. The summed E-state index contributed by atoms with van der Waals surface area (Å²) < 4.78 is 0. The Bertz CT molecular complexity index is 277. The van der Waals surface area contributed by atoms with E-state index in [-0.39, 0.29) is 5.69 Å². The van der Waals surface area contributed by atoms with E-state index in [1.165, 1.54) is 0 Å². The van der Waals surface area contributed by atoms with Gasteiger partial charge in [-0.15, -0.1) is 0 Å². The molecule has 0 aliphatic carbocycles. The van der Waals surface area contributed by atoms with Crippen LogP contribution in [0.15, 0.2) is 4.79 Å². The van der Waals surface area contributed by atoms with Crippen molar-refractivity contribution in [3.63, 3.8) is 0 Å². The predicted octanol–water partition coefficient (Wildman–Crippen LogP) is -0.375. The summed E-state index contributed by atoms with van der Waals surface area (Å²) in [5.74, 6) is 1.19. The number of nitrogens with one attached hydrogen (secondary N) is 2. The van der Waals surface area contributed by atoms with Crippen molar-refractivity contribution in [1.29, 1.82) is 0 Å². The molecule has 4 N–H and O–H groups in total. The maximum atomic E-state index is 10.6. The van der Waals surface area contributed by atoms with Crippen molar-refractivity contribution >= 4 is 0 Å². The van der Waals surface area contributed by atoms with Crippen LogP contribution in [0, 0.1) is 5.92 Å². The normalized spacial score (nSPS) is 13.2. The Morgan fingerprint density at radius 2 is 2.42 bits per heavy atom. The molecule has 0 radical (unpaired) electrons. The van der Waals surface area contributed by atoms with Crippen LogP contribution < -0.4 is 11.4 Å². The molecule has 1 aromatic rings. The molecule has 5 heteroatoms. The van der Waals surface area contributed by atoms with Crippen molar-refractivity contribution < 1.29 is 0 Å². The van der Waals surface area contributed by atoms with E-state index >= 15 is 0 Å². The van der Waals surface area contributed by atoms with Gasteiger partial charge in [0.05, 0.1) is 0 Å². The third kappa shape index (κ3) is 2.50. The van der Waals surface area contributed by atoms with Crippen LogP contribution >= 0.6 is 0 Å². The lowest BCUT2D eigenvalue weighted by Crippen LogP contribution is -2.11. The van der Waals surface area contributed by atoms with Crippen LogP contribution in [0.3, 0.4) is 0 Å². The SMILES string of the molecule is CC(CN)CCc1n[nH]c(=O)[nH]1. The van der Waals surface area contributed by atoms with Crippen LogP contribution in [-0.2, 0) is 6.42 Å². The van der Waals surface area contributed by atoms with Crippen LogP contribution in [0.2, 0.25) is 0 Å². The molecule has 1 aromatic heterocycles. The number of rotatable bonds is 4. The monoisotopic (exact) mass is 170 g/mol. The predicted molar refractivity (Wildman–Crippen MR) is 45.7 cm³/mol. The largest absolute Gasteiger partial charge is 0.340 e. The van der Waals surface area contributed by atoms with Crippen LogP contribution in [0.5, 0.6) is 0 Å². The Kier molecular flexibility index (Phi) is 3.04. The molecule has 5 nitrogen and oxygen atoms in total. The Morgan fingerprint density at radius 3 is 2.92 bits per heavy atom. The molecule has 0 aliphatic rings. The smallest absolute Gasteiger partial charge is 0.330 e. The summed E-state index contributed by atoms with van der Waals surface area (Å²) >= 11 is 0. The lowest BCUT2D eigenvalue weighted by Gasteiger charge is -2.04. The molecule has 0 amide bonds. The van der Waals surface area contributed by atoms with Gasteiger partial charge in [-0.25, -0.2) is 9.89 Å². The second-order valence-electron chi connectivity index (χ2n) is 3.00. The molecule has 1 rings (SSSR count). The van der Waals surface area contributed by atoms with Crippen molar-refractivity contribution in [2.75, 3.05) is 6.54 Å². The highest BCUT2D eigenvalue weighted by atomic mass is 16.1. The van der Waals surface area contributed by atoms with Gasteiger partial charge in [0.1, 0.15) is 5.82 Å². The highest BCUT2D eigenvalue weighted by Crippen LogP contribution is 2.02. The molecular formula is C7H14N4O. The first kappa shape index (κ1) is 8.99. The zero-order chi connectivity index (χ0) is 8.97. The molecule has 0 spiro atoms. The summed E-state index contributed by atoms with van der Waals surface area (Å²) in [6.07, 6.45) is 1.73. The molecule has 0 aliphatic heterocycles. The summed E-state index contributed by atoms with van der Waals surface area (Å²) in [6.45, 7) is 2.75. The molecule has 0 saturated carbocycles.